The van der Waals surface area contributed by atoms with E-state index in [-0.39, 0.29) is 0 Å². The Balaban J connectivity index is 1.51. The normalized spacial score (nSPS) is 23.5. The van der Waals surface area contributed by atoms with Gasteiger partial charge in [0.15, 0.2) is 0 Å². The third-order valence-electron chi connectivity index (χ3n) is 5.13. The minimum absolute atomic E-state index is 0.443. The summed E-state index contributed by atoms with van der Waals surface area (Å²) in [7, 11) is 2.26. The van der Waals surface area contributed by atoms with Gasteiger partial charge in [0, 0.05) is 44.0 Å². The van der Waals surface area contributed by atoms with Crippen LogP contribution in [0.5, 0.6) is 0 Å². The van der Waals surface area contributed by atoms with Crippen LogP contribution in [0.2, 0.25) is 0 Å². The number of hydrogen-bond acceptors (Lipinski definition) is 5. The molecule has 2 fully saturated rings. The number of rotatable bonds is 4. The summed E-state index contributed by atoms with van der Waals surface area (Å²) in [6, 6.07) is 2.77. The summed E-state index contributed by atoms with van der Waals surface area (Å²) in [5, 5.41) is 0. The lowest BCUT2D eigenvalue weighted by Crippen LogP contribution is -2.46. The molecule has 0 aromatic carbocycles. The van der Waals surface area contributed by atoms with Crippen molar-refractivity contribution in [1.82, 2.24) is 14.9 Å². The number of aromatic nitrogens is 2. The molecule has 0 spiro atoms. The van der Waals surface area contributed by atoms with Gasteiger partial charge in [0.1, 0.15) is 11.6 Å². The molecule has 0 unspecified atom stereocenters. The molecule has 0 saturated carbocycles. The second-order valence-electron chi connectivity index (χ2n) is 7.06. The van der Waals surface area contributed by atoms with E-state index >= 15 is 0 Å². The first-order valence-electron chi connectivity index (χ1n) is 9.01. The monoisotopic (exact) mass is 318 g/mol. The molecule has 23 heavy (non-hydrogen) atoms. The molecule has 3 rings (SSSR count). The Morgan fingerprint density at radius 1 is 1.17 bits per heavy atom. The van der Waals surface area contributed by atoms with Crippen LogP contribution in [-0.2, 0) is 4.74 Å². The second kappa shape index (κ2) is 7.58. The highest BCUT2D eigenvalue weighted by atomic mass is 16.5. The number of nitrogens with zero attached hydrogens (tertiary/aromatic N) is 4. The number of piperidine rings is 1. The first-order valence-corrected chi connectivity index (χ1v) is 9.01. The third-order valence-corrected chi connectivity index (χ3v) is 5.13. The molecule has 2 aliphatic rings. The van der Waals surface area contributed by atoms with Crippen molar-refractivity contribution in [3.63, 3.8) is 0 Å². The zero-order chi connectivity index (χ0) is 16.2. The molecule has 1 aromatic heterocycles. The van der Waals surface area contributed by atoms with Gasteiger partial charge in [0.25, 0.3) is 0 Å². The molecule has 2 saturated heterocycles. The molecule has 5 nitrogen and oxygen atoms in total. The highest BCUT2D eigenvalue weighted by Crippen LogP contribution is 2.22. The van der Waals surface area contributed by atoms with Gasteiger partial charge in [-0.05, 0) is 53.0 Å². The average Bonchev–Trinajstić information content (AvgIpc) is 2.55. The van der Waals surface area contributed by atoms with Crippen LogP contribution in [-0.4, -0.2) is 60.3 Å². The van der Waals surface area contributed by atoms with E-state index in [9.17, 15) is 0 Å². The maximum atomic E-state index is 5.89. The first-order chi connectivity index (χ1) is 11.1. The minimum Gasteiger partial charge on any atom is -0.377 e. The molecule has 5 heteroatoms. The van der Waals surface area contributed by atoms with Crippen molar-refractivity contribution in [2.75, 3.05) is 38.2 Å². The molecule has 2 aliphatic heterocycles. The summed E-state index contributed by atoms with van der Waals surface area (Å²) in [6.07, 6.45) is 6.62. The standard InChI is InChI=1S/C18H30N4O/c1-14-12-18(20-15(2)19-14)22-9-7-16(8-10-22)21(3)13-17-6-4-5-11-23-17/h12,16-17H,4-11,13H2,1-3H3/t17-/m0/s1. The van der Waals surface area contributed by atoms with E-state index in [0.29, 0.717) is 12.1 Å². The van der Waals surface area contributed by atoms with Crippen molar-refractivity contribution in [1.29, 1.82) is 0 Å². The van der Waals surface area contributed by atoms with Crippen LogP contribution < -0.4 is 4.90 Å². The molecule has 0 N–H and O–H groups in total. The van der Waals surface area contributed by atoms with Crippen LogP contribution in [0.25, 0.3) is 0 Å². The number of hydrogen-bond donors (Lipinski definition) is 0. The van der Waals surface area contributed by atoms with Gasteiger partial charge >= 0.3 is 0 Å². The maximum absolute atomic E-state index is 5.89. The van der Waals surface area contributed by atoms with Gasteiger partial charge in [-0.2, -0.15) is 0 Å². The van der Waals surface area contributed by atoms with E-state index in [2.05, 4.69) is 32.9 Å². The number of aryl methyl sites for hydroxylation is 2. The van der Waals surface area contributed by atoms with Gasteiger partial charge in [-0.3, -0.25) is 0 Å². The molecule has 0 bridgehead atoms. The molecule has 1 atom stereocenters. The smallest absolute Gasteiger partial charge is 0.132 e. The molecule has 0 aliphatic carbocycles. The van der Waals surface area contributed by atoms with E-state index in [1.54, 1.807) is 0 Å². The Labute approximate surface area is 140 Å². The highest BCUT2D eigenvalue weighted by molar-refractivity contribution is 5.40. The van der Waals surface area contributed by atoms with Crippen LogP contribution in [0.15, 0.2) is 6.07 Å². The van der Waals surface area contributed by atoms with Crippen LogP contribution in [0.1, 0.15) is 43.6 Å². The number of anilines is 1. The van der Waals surface area contributed by atoms with Crippen molar-refractivity contribution in [3.8, 4) is 0 Å². The minimum atomic E-state index is 0.443. The van der Waals surface area contributed by atoms with E-state index in [1.165, 1.54) is 32.1 Å². The van der Waals surface area contributed by atoms with Crippen molar-refractivity contribution in [3.05, 3.63) is 17.6 Å². The second-order valence-corrected chi connectivity index (χ2v) is 7.06. The molecule has 0 amide bonds. The van der Waals surface area contributed by atoms with Crippen LogP contribution >= 0.6 is 0 Å². The zero-order valence-corrected chi connectivity index (χ0v) is 14.8. The Morgan fingerprint density at radius 3 is 2.61 bits per heavy atom. The van der Waals surface area contributed by atoms with E-state index in [4.69, 9.17) is 4.74 Å². The molecular weight excluding hydrogens is 288 g/mol. The maximum Gasteiger partial charge on any atom is 0.132 e. The van der Waals surface area contributed by atoms with Crippen molar-refractivity contribution >= 4 is 5.82 Å². The lowest BCUT2D eigenvalue weighted by atomic mass is 10.0. The predicted octanol–water partition coefficient (Wildman–Crippen LogP) is 2.56. The van der Waals surface area contributed by atoms with Crippen LogP contribution in [0, 0.1) is 13.8 Å². The fourth-order valence-corrected chi connectivity index (χ4v) is 3.82. The molecule has 3 heterocycles. The van der Waals surface area contributed by atoms with E-state index < -0.39 is 0 Å². The zero-order valence-electron chi connectivity index (χ0n) is 14.8. The van der Waals surface area contributed by atoms with Crippen LogP contribution in [0.3, 0.4) is 0 Å². The Morgan fingerprint density at radius 2 is 1.96 bits per heavy atom. The summed E-state index contributed by atoms with van der Waals surface area (Å²) < 4.78 is 5.89. The average molecular weight is 318 g/mol. The number of likely N-dealkylation sites (N-methyl/N-ethyl adjacent to an activating group) is 1. The SMILES string of the molecule is Cc1cc(N2CCC(N(C)C[C@@H]3CCCCO3)CC2)nc(C)n1. The Hall–Kier alpha value is -1.20. The van der Waals surface area contributed by atoms with Crippen molar-refractivity contribution in [2.45, 2.75) is 58.1 Å². The Kier molecular flexibility index (Phi) is 5.49. The molecular formula is C18H30N4O. The Bertz CT molecular complexity index is 487. The quantitative estimate of drug-likeness (QED) is 0.853. The van der Waals surface area contributed by atoms with Crippen molar-refractivity contribution < 1.29 is 4.74 Å². The molecule has 1 aromatic rings. The summed E-state index contributed by atoms with van der Waals surface area (Å²) >= 11 is 0. The number of ether oxygens (including phenoxy) is 1. The summed E-state index contributed by atoms with van der Waals surface area (Å²) in [6.45, 7) is 8.21. The lowest BCUT2D eigenvalue weighted by Gasteiger charge is -2.39. The van der Waals surface area contributed by atoms with Gasteiger partial charge < -0.3 is 14.5 Å². The molecule has 128 valence electrons. The topological polar surface area (TPSA) is 41.5 Å². The highest BCUT2D eigenvalue weighted by Gasteiger charge is 2.25. The summed E-state index contributed by atoms with van der Waals surface area (Å²) in [4.78, 5) is 13.9. The van der Waals surface area contributed by atoms with Gasteiger partial charge in [-0.15, -0.1) is 0 Å². The summed E-state index contributed by atoms with van der Waals surface area (Å²) in [5.74, 6) is 1.96. The van der Waals surface area contributed by atoms with Gasteiger partial charge in [0.05, 0.1) is 6.10 Å². The van der Waals surface area contributed by atoms with Gasteiger partial charge in [-0.1, -0.05) is 0 Å². The van der Waals surface area contributed by atoms with Crippen molar-refractivity contribution in [2.24, 2.45) is 0 Å². The largest absolute Gasteiger partial charge is 0.377 e. The fraction of sp³-hybridized carbons (Fsp3) is 0.778. The van der Waals surface area contributed by atoms with Gasteiger partial charge in [0.2, 0.25) is 0 Å². The fourth-order valence-electron chi connectivity index (χ4n) is 3.82. The first kappa shape index (κ1) is 16.7. The molecule has 0 radical (unpaired) electrons. The lowest BCUT2D eigenvalue weighted by molar-refractivity contribution is -0.00985. The van der Waals surface area contributed by atoms with Gasteiger partial charge in [-0.25, -0.2) is 9.97 Å². The summed E-state index contributed by atoms with van der Waals surface area (Å²) in [5.41, 5.74) is 1.06. The van der Waals surface area contributed by atoms with Crippen LogP contribution in [0.4, 0.5) is 5.82 Å². The van der Waals surface area contributed by atoms with E-state index in [0.717, 1.165) is 43.6 Å². The predicted molar refractivity (Wildman–Crippen MR) is 93.0 cm³/mol. The van der Waals surface area contributed by atoms with E-state index in [1.807, 2.05) is 13.8 Å². The third kappa shape index (κ3) is 4.42.